The molecule has 2 aromatic rings. The molecule has 0 aliphatic rings. The number of phenolic OH excluding ortho intramolecular Hbond substituents is 1. The lowest BCUT2D eigenvalue weighted by molar-refractivity contribution is 0.175. The van der Waals surface area contributed by atoms with Gasteiger partial charge >= 0.3 is 0 Å². The van der Waals surface area contributed by atoms with Crippen LogP contribution in [-0.4, -0.2) is 37.5 Å². The summed E-state index contributed by atoms with van der Waals surface area (Å²) in [7, 11) is 3.25. The van der Waals surface area contributed by atoms with Crippen LogP contribution in [0.5, 0.6) is 17.2 Å². The lowest BCUT2D eigenvalue weighted by Gasteiger charge is -2.14. The van der Waals surface area contributed by atoms with Crippen molar-refractivity contribution < 1.29 is 19.7 Å². The van der Waals surface area contributed by atoms with Gasteiger partial charge in [-0.1, -0.05) is 24.3 Å². The Morgan fingerprint density at radius 1 is 1.04 bits per heavy atom. The summed E-state index contributed by atoms with van der Waals surface area (Å²) < 4.78 is 10.7. The predicted octanol–water partition coefficient (Wildman–Crippen LogP) is 2.28. The summed E-state index contributed by atoms with van der Waals surface area (Å²) in [6.07, 6.45) is 0.158. The first kappa shape index (κ1) is 17.1. The molecule has 0 aliphatic heterocycles. The summed E-state index contributed by atoms with van der Waals surface area (Å²) in [6, 6.07) is 12.4. The minimum absolute atomic E-state index is 0.194. The van der Waals surface area contributed by atoms with Gasteiger partial charge in [-0.3, -0.25) is 0 Å². The van der Waals surface area contributed by atoms with E-state index in [0.29, 0.717) is 18.8 Å². The number of methoxy groups -OCH3 is 2. The Balaban J connectivity index is 1.84. The molecular weight excluding hydrogens is 294 g/mol. The van der Waals surface area contributed by atoms with E-state index in [-0.39, 0.29) is 5.75 Å². The number of phenols is 1. The van der Waals surface area contributed by atoms with Crippen LogP contribution in [0.2, 0.25) is 0 Å². The second-order valence-corrected chi connectivity index (χ2v) is 5.21. The van der Waals surface area contributed by atoms with Gasteiger partial charge in [0, 0.05) is 6.54 Å². The quantitative estimate of drug-likeness (QED) is 0.652. The number of rotatable bonds is 8. The second-order valence-electron chi connectivity index (χ2n) is 5.21. The Kier molecular flexibility index (Phi) is 6.26. The summed E-state index contributed by atoms with van der Waals surface area (Å²) in [5.74, 6) is 1.66. The van der Waals surface area contributed by atoms with E-state index in [4.69, 9.17) is 9.47 Å². The highest BCUT2D eigenvalue weighted by Gasteiger charge is 2.10. The molecule has 1 atom stereocenters. The third kappa shape index (κ3) is 4.61. The molecule has 5 heteroatoms. The van der Waals surface area contributed by atoms with Crippen molar-refractivity contribution in [2.45, 2.75) is 12.5 Å². The van der Waals surface area contributed by atoms with Gasteiger partial charge in [-0.2, -0.15) is 0 Å². The van der Waals surface area contributed by atoms with Gasteiger partial charge in [-0.15, -0.1) is 0 Å². The van der Waals surface area contributed by atoms with Crippen LogP contribution >= 0.6 is 0 Å². The second kappa shape index (κ2) is 8.41. The van der Waals surface area contributed by atoms with Crippen molar-refractivity contribution in [3.8, 4) is 17.2 Å². The monoisotopic (exact) mass is 317 g/mol. The van der Waals surface area contributed by atoms with E-state index in [1.54, 1.807) is 38.5 Å². The van der Waals surface area contributed by atoms with E-state index in [1.807, 2.05) is 18.2 Å². The molecule has 0 heterocycles. The Hall–Kier alpha value is -2.24. The fourth-order valence-electron chi connectivity index (χ4n) is 2.43. The van der Waals surface area contributed by atoms with Crippen molar-refractivity contribution >= 4 is 0 Å². The maximum absolute atomic E-state index is 10.1. The maximum atomic E-state index is 10.1. The SMILES string of the molecule is COc1cccc(CCNC[C@H](O)c2ccc(O)cc2)c1OC. The zero-order chi connectivity index (χ0) is 16.7. The normalized spacial score (nSPS) is 12.0. The first-order valence-corrected chi connectivity index (χ1v) is 7.53. The highest BCUT2D eigenvalue weighted by Crippen LogP contribution is 2.30. The number of benzene rings is 2. The smallest absolute Gasteiger partial charge is 0.163 e. The Bertz CT molecular complexity index is 613. The Morgan fingerprint density at radius 2 is 1.78 bits per heavy atom. The van der Waals surface area contributed by atoms with Crippen molar-refractivity contribution in [3.63, 3.8) is 0 Å². The molecule has 0 bridgehead atoms. The maximum Gasteiger partial charge on any atom is 0.163 e. The van der Waals surface area contributed by atoms with Crippen LogP contribution in [0.3, 0.4) is 0 Å². The molecule has 2 rings (SSSR count). The van der Waals surface area contributed by atoms with E-state index >= 15 is 0 Å². The molecule has 23 heavy (non-hydrogen) atoms. The van der Waals surface area contributed by atoms with Crippen molar-refractivity contribution in [2.75, 3.05) is 27.3 Å². The Labute approximate surface area is 136 Å². The van der Waals surface area contributed by atoms with E-state index < -0.39 is 6.10 Å². The number of para-hydroxylation sites is 1. The molecule has 5 nitrogen and oxygen atoms in total. The lowest BCUT2D eigenvalue weighted by atomic mass is 10.1. The van der Waals surface area contributed by atoms with Crippen LogP contribution in [0.15, 0.2) is 42.5 Å². The van der Waals surface area contributed by atoms with Gasteiger partial charge < -0.3 is 25.0 Å². The van der Waals surface area contributed by atoms with Gasteiger partial charge in [0.1, 0.15) is 5.75 Å². The van der Waals surface area contributed by atoms with E-state index in [9.17, 15) is 10.2 Å². The summed E-state index contributed by atoms with van der Waals surface area (Å²) in [5, 5.41) is 22.6. The molecular formula is C18H23NO4. The summed E-state index contributed by atoms with van der Waals surface area (Å²) in [5.41, 5.74) is 1.83. The minimum atomic E-state index is -0.609. The lowest BCUT2D eigenvalue weighted by Crippen LogP contribution is -2.23. The van der Waals surface area contributed by atoms with Gasteiger partial charge in [-0.05, 0) is 42.3 Å². The van der Waals surface area contributed by atoms with Crippen LogP contribution in [0, 0.1) is 0 Å². The number of ether oxygens (including phenoxy) is 2. The number of aliphatic hydroxyl groups is 1. The van der Waals surface area contributed by atoms with E-state index in [0.717, 1.165) is 23.3 Å². The Morgan fingerprint density at radius 3 is 2.43 bits per heavy atom. The summed E-state index contributed by atoms with van der Waals surface area (Å²) in [4.78, 5) is 0. The number of hydrogen-bond acceptors (Lipinski definition) is 5. The van der Waals surface area contributed by atoms with Crippen LogP contribution in [-0.2, 0) is 6.42 Å². The van der Waals surface area contributed by atoms with Crippen molar-refractivity contribution in [1.29, 1.82) is 0 Å². The number of nitrogens with one attached hydrogen (secondary N) is 1. The number of aliphatic hydroxyl groups excluding tert-OH is 1. The largest absolute Gasteiger partial charge is 0.508 e. The molecule has 0 saturated heterocycles. The molecule has 0 aliphatic carbocycles. The van der Waals surface area contributed by atoms with Crippen LogP contribution in [0.25, 0.3) is 0 Å². The molecule has 0 spiro atoms. The molecule has 124 valence electrons. The summed E-state index contributed by atoms with van der Waals surface area (Å²) >= 11 is 0. The first-order valence-electron chi connectivity index (χ1n) is 7.53. The number of aromatic hydroxyl groups is 1. The third-order valence-corrected chi connectivity index (χ3v) is 3.67. The van der Waals surface area contributed by atoms with Crippen LogP contribution in [0.4, 0.5) is 0 Å². The summed E-state index contributed by atoms with van der Waals surface area (Å²) in [6.45, 7) is 1.15. The molecule has 3 N–H and O–H groups in total. The zero-order valence-electron chi connectivity index (χ0n) is 13.5. The topological polar surface area (TPSA) is 71.0 Å². The first-order chi connectivity index (χ1) is 11.2. The minimum Gasteiger partial charge on any atom is -0.508 e. The molecule has 0 aromatic heterocycles. The number of hydrogen-bond donors (Lipinski definition) is 3. The fourth-order valence-corrected chi connectivity index (χ4v) is 2.43. The zero-order valence-corrected chi connectivity index (χ0v) is 13.5. The molecule has 0 fully saturated rings. The third-order valence-electron chi connectivity index (χ3n) is 3.67. The molecule has 2 aromatic carbocycles. The van der Waals surface area contributed by atoms with Gasteiger partial charge in [0.15, 0.2) is 11.5 Å². The predicted molar refractivity (Wildman–Crippen MR) is 89.2 cm³/mol. The van der Waals surface area contributed by atoms with Gasteiger partial charge in [0.2, 0.25) is 0 Å². The highest BCUT2D eigenvalue weighted by atomic mass is 16.5. The average Bonchev–Trinajstić information content (AvgIpc) is 2.58. The molecule has 0 radical (unpaired) electrons. The van der Waals surface area contributed by atoms with Crippen LogP contribution < -0.4 is 14.8 Å². The molecule has 0 unspecified atom stereocenters. The molecule has 0 amide bonds. The average molecular weight is 317 g/mol. The highest BCUT2D eigenvalue weighted by molar-refractivity contribution is 5.46. The van der Waals surface area contributed by atoms with E-state index in [2.05, 4.69) is 5.32 Å². The van der Waals surface area contributed by atoms with Crippen molar-refractivity contribution in [1.82, 2.24) is 5.32 Å². The molecule has 0 saturated carbocycles. The van der Waals surface area contributed by atoms with Crippen LogP contribution in [0.1, 0.15) is 17.2 Å². The van der Waals surface area contributed by atoms with Crippen molar-refractivity contribution in [2.24, 2.45) is 0 Å². The van der Waals surface area contributed by atoms with Gasteiger partial charge in [-0.25, -0.2) is 0 Å². The fraction of sp³-hybridized carbons (Fsp3) is 0.333. The van der Waals surface area contributed by atoms with Gasteiger partial charge in [0.05, 0.1) is 20.3 Å². The van der Waals surface area contributed by atoms with E-state index in [1.165, 1.54) is 0 Å². The standard InChI is InChI=1S/C18H23NO4/c1-22-17-5-3-4-14(18(17)23-2)10-11-19-12-16(21)13-6-8-15(20)9-7-13/h3-9,16,19-21H,10-12H2,1-2H3/t16-/m0/s1. The van der Waals surface area contributed by atoms with Crippen molar-refractivity contribution in [3.05, 3.63) is 53.6 Å². The van der Waals surface area contributed by atoms with Gasteiger partial charge in [0.25, 0.3) is 0 Å².